The normalized spacial score (nSPS) is 26.7. The number of thiocarbonyl (C=S) groups is 1. The topological polar surface area (TPSA) is 39.8 Å². The molecule has 2 N–H and O–H groups in total. The van der Waals surface area contributed by atoms with Crippen LogP contribution < -0.4 is 10.6 Å². The van der Waals surface area contributed by atoms with Gasteiger partial charge >= 0.3 is 0 Å². The van der Waals surface area contributed by atoms with Crippen LogP contribution in [0.5, 0.6) is 0 Å². The van der Waals surface area contributed by atoms with E-state index in [1.165, 1.54) is 25.7 Å². The molecular weight excluding hydrogens is 327 g/mol. The van der Waals surface area contributed by atoms with Gasteiger partial charge in [0, 0.05) is 37.8 Å². The third kappa shape index (κ3) is 4.55. The third-order valence-corrected chi connectivity index (χ3v) is 7.72. The SMILES string of the molecule is CNC(=S)NCCOP1N(C(C)C)[C@@H]2CCCC[C@H]2N1C(C)C. The van der Waals surface area contributed by atoms with E-state index in [2.05, 4.69) is 47.7 Å². The zero-order valence-electron chi connectivity index (χ0n) is 15.2. The molecule has 0 unspecified atom stereocenters. The Morgan fingerprint density at radius 3 is 2.09 bits per heavy atom. The smallest absolute Gasteiger partial charge is 0.189 e. The Morgan fingerprint density at radius 1 is 1.13 bits per heavy atom. The van der Waals surface area contributed by atoms with Crippen molar-refractivity contribution in [3.8, 4) is 0 Å². The number of fused-ring (bicyclic) bond motifs is 1. The van der Waals surface area contributed by atoms with E-state index in [0.717, 1.165) is 6.54 Å². The summed E-state index contributed by atoms with van der Waals surface area (Å²) in [6.07, 6.45) is 5.35. The molecule has 1 aliphatic carbocycles. The molecule has 0 radical (unpaired) electrons. The van der Waals surface area contributed by atoms with Gasteiger partial charge in [-0.2, -0.15) is 0 Å². The maximum absolute atomic E-state index is 6.40. The van der Waals surface area contributed by atoms with Crippen LogP contribution in [0.15, 0.2) is 0 Å². The Hall–Kier alpha value is -0.0000000000000000416. The van der Waals surface area contributed by atoms with E-state index in [1.807, 2.05) is 7.05 Å². The first kappa shape index (κ1) is 19.3. The molecular formula is C16H33N4OPS. The molecule has 2 atom stereocenters. The summed E-state index contributed by atoms with van der Waals surface area (Å²) in [5.74, 6) is 0. The number of hydrogen-bond acceptors (Lipinski definition) is 4. The molecule has 1 saturated carbocycles. The van der Waals surface area contributed by atoms with Gasteiger partial charge in [0.15, 0.2) is 13.6 Å². The Labute approximate surface area is 148 Å². The average molecular weight is 361 g/mol. The highest BCUT2D eigenvalue weighted by Crippen LogP contribution is 2.59. The molecule has 0 aromatic rings. The van der Waals surface area contributed by atoms with Crippen LogP contribution in [0.4, 0.5) is 0 Å². The maximum atomic E-state index is 6.40. The van der Waals surface area contributed by atoms with Gasteiger partial charge in [-0.1, -0.05) is 12.8 Å². The maximum Gasteiger partial charge on any atom is 0.189 e. The fraction of sp³-hybridized carbons (Fsp3) is 0.938. The van der Waals surface area contributed by atoms with Gasteiger partial charge < -0.3 is 15.2 Å². The van der Waals surface area contributed by atoms with Crippen LogP contribution in [0.2, 0.25) is 0 Å². The summed E-state index contributed by atoms with van der Waals surface area (Å²) in [6, 6.07) is 2.40. The highest BCUT2D eigenvalue weighted by molar-refractivity contribution is 7.80. The minimum absolute atomic E-state index is 0.529. The largest absolute Gasteiger partial charge is 0.366 e. The lowest BCUT2D eigenvalue weighted by Gasteiger charge is -2.34. The summed E-state index contributed by atoms with van der Waals surface area (Å²) in [5.41, 5.74) is 0. The highest BCUT2D eigenvalue weighted by atomic mass is 32.1. The summed E-state index contributed by atoms with van der Waals surface area (Å²) < 4.78 is 11.7. The molecule has 0 bridgehead atoms. The number of nitrogens with one attached hydrogen (secondary N) is 2. The molecule has 0 amide bonds. The van der Waals surface area contributed by atoms with Gasteiger partial charge in [0.05, 0.1) is 6.61 Å². The Balaban J connectivity index is 2.03. The van der Waals surface area contributed by atoms with Gasteiger partial charge in [-0.05, 0) is 52.8 Å². The van der Waals surface area contributed by atoms with Crippen molar-refractivity contribution in [2.24, 2.45) is 0 Å². The van der Waals surface area contributed by atoms with Gasteiger partial charge in [0.25, 0.3) is 0 Å². The molecule has 2 rings (SSSR count). The molecule has 1 aliphatic heterocycles. The summed E-state index contributed by atoms with van der Waals surface area (Å²) in [6.45, 7) is 10.7. The number of nitrogens with zero attached hydrogens (tertiary/aromatic N) is 2. The second-order valence-electron chi connectivity index (χ2n) is 6.96. The summed E-state index contributed by atoms with van der Waals surface area (Å²) in [5, 5.41) is 6.80. The molecule has 2 aliphatic rings. The molecule has 0 aromatic heterocycles. The minimum Gasteiger partial charge on any atom is -0.366 e. The van der Waals surface area contributed by atoms with Gasteiger partial charge in [-0.3, -0.25) is 0 Å². The Bertz CT molecular complexity index is 372. The van der Waals surface area contributed by atoms with Crippen molar-refractivity contribution in [3.05, 3.63) is 0 Å². The van der Waals surface area contributed by atoms with Gasteiger partial charge in [0.1, 0.15) is 0 Å². The summed E-state index contributed by atoms with van der Waals surface area (Å²) in [4.78, 5) is 0. The number of hydrogen-bond donors (Lipinski definition) is 2. The third-order valence-electron chi connectivity index (χ3n) is 4.65. The lowest BCUT2D eigenvalue weighted by atomic mass is 9.89. The Kier molecular flexibility index (Phi) is 7.49. The van der Waals surface area contributed by atoms with Gasteiger partial charge in [0.2, 0.25) is 0 Å². The zero-order valence-corrected chi connectivity index (χ0v) is 16.9. The van der Waals surface area contributed by atoms with Crippen molar-refractivity contribution in [2.75, 3.05) is 20.2 Å². The van der Waals surface area contributed by atoms with E-state index >= 15 is 0 Å². The lowest BCUT2D eigenvalue weighted by Crippen LogP contribution is -2.43. The molecule has 0 spiro atoms. The van der Waals surface area contributed by atoms with Crippen molar-refractivity contribution in [1.82, 2.24) is 20.0 Å². The first-order valence-corrected chi connectivity index (χ1v) is 10.5. The van der Waals surface area contributed by atoms with Crippen LogP contribution in [-0.4, -0.2) is 58.8 Å². The average Bonchev–Trinajstić information content (AvgIpc) is 2.85. The monoisotopic (exact) mass is 360 g/mol. The van der Waals surface area contributed by atoms with E-state index in [9.17, 15) is 0 Å². The van der Waals surface area contributed by atoms with E-state index < -0.39 is 8.45 Å². The van der Waals surface area contributed by atoms with Crippen LogP contribution in [0, 0.1) is 0 Å². The van der Waals surface area contributed by atoms with Crippen molar-refractivity contribution < 1.29 is 4.52 Å². The predicted octanol–water partition coefficient (Wildman–Crippen LogP) is 3.07. The van der Waals surface area contributed by atoms with E-state index in [-0.39, 0.29) is 0 Å². The zero-order chi connectivity index (χ0) is 17.0. The first-order valence-electron chi connectivity index (χ1n) is 8.92. The molecule has 5 nitrogen and oxygen atoms in total. The van der Waals surface area contributed by atoms with Gasteiger partial charge in [-0.25, -0.2) is 9.34 Å². The minimum atomic E-state index is -0.673. The second kappa shape index (κ2) is 8.91. The quantitative estimate of drug-likeness (QED) is 0.431. The van der Waals surface area contributed by atoms with Crippen LogP contribution in [0.25, 0.3) is 0 Å². The molecule has 2 fully saturated rings. The standard InChI is InChI=1S/C16H33N4OPS/c1-12(2)19-14-8-6-7-9-15(14)20(13(3)4)22(19)21-11-10-18-16(23)17-5/h12-15H,6-11H2,1-5H3,(H2,17,18,23)/t14-,15-/m1/s1. The van der Waals surface area contributed by atoms with Crippen molar-refractivity contribution in [1.29, 1.82) is 0 Å². The fourth-order valence-corrected chi connectivity index (χ4v) is 6.45. The lowest BCUT2D eigenvalue weighted by molar-refractivity contribution is 0.173. The Morgan fingerprint density at radius 2 is 1.65 bits per heavy atom. The molecule has 7 heteroatoms. The summed E-state index contributed by atoms with van der Waals surface area (Å²) in [7, 11) is 1.16. The highest BCUT2D eigenvalue weighted by Gasteiger charge is 2.50. The van der Waals surface area contributed by atoms with E-state index in [0.29, 0.717) is 35.9 Å². The van der Waals surface area contributed by atoms with Crippen LogP contribution >= 0.6 is 20.7 Å². The molecule has 23 heavy (non-hydrogen) atoms. The molecule has 1 heterocycles. The predicted molar refractivity (Wildman–Crippen MR) is 103 cm³/mol. The van der Waals surface area contributed by atoms with Crippen molar-refractivity contribution >= 4 is 25.8 Å². The number of rotatable bonds is 6. The molecule has 0 aromatic carbocycles. The van der Waals surface area contributed by atoms with Crippen molar-refractivity contribution in [3.63, 3.8) is 0 Å². The summed E-state index contributed by atoms with van der Waals surface area (Å²) >= 11 is 5.12. The van der Waals surface area contributed by atoms with Crippen molar-refractivity contribution in [2.45, 2.75) is 77.5 Å². The second-order valence-corrected chi connectivity index (χ2v) is 9.05. The van der Waals surface area contributed by atoms with E-state index in [1.54, 1.807) is 0 Å². The van der Waals surface area contributed by atoms with Crippen LogP contribution in [0.3, 0.4) is 0 Å². The van der Waals surface area contributed by atoms with Crippen LogP contribution in [-0.2, 0) is 4.52 Å². The molecule has 134 valence electrons. The van der Waals surface area contributed by atoms with Gasteiger partial charge in [-0.15, -0.1) is 0 Å². The van der Waals surface area contributed by atoms with E-state index in [4.69, 9.17) is 16.7 Å². The molecule has 1 saturated heterocycles. The van der Waals surface area contributed by atoms with Crippen LogP contribution in [0.1, 0.15) is 53.4 Å². The fourth-order valence-electron chi connectivity index (χ4n) is 3.76. The first-order chi connectivity index (χ1) is 11.0.